The summed E-state index contributed by atoms with van der Waals surface area (Å²) in [4.78, 5) is 24.9. The van der Waals surface area contributed by atoms with Gasteiger partial charge in [0, 0.05) is 6.54 Å². The molecule has 2 unspecified atom stereocenters. The number of aliphatic carboxylic acids is 1. The van der Waals surface area contributed by atoms with Gasteiger partial charge in [0.1, 0.15) is 12.4 Å². The maximum atomic E-state index is 13.8. The fourth-order valence-corrected chi connectivity index (χ4v) is 2.51. The van der Waals surface area contributed by atoms with E-state index in [1.54, 1.807) is 19.1 Å². The second kappa shape index (κ2) is 6.22. The Balaban J connectivity index is 2.45. The van der Waals surface area contributed by atoms with E-state index < -0.39 is 23.9 Å². The molecule has 6 heteroatoms. The topological polar surface area (TPSA) is 66.8 Å². The molecule has 1 heterocycles. The summed E-state index contributed by atoms with van der Waals surface area (Å²) < 4.78 is 18.9. The van der Waals surface area contributed by atoms with Crippen molar-refractivity contribution in [2.45, 2.75) is 32.4 Å². The van der Waals surface area contributed by atoms with Crippen molar-refractivity contribution < 1.29 is 23.8 Å². The molecule has 0 spiro atoms. The molecule has 0 radical (unpaired) electrons. The molecule has 0 bridgehead atoms. The quantitative estimate of drug-likeness (QED) is 0.921. The van der Waals surface area contributed by atoms with E-state index in [1.807, 2.05) is 6.92 Å². The van der Waals surface area contributed by atoms with Crippen LogP contribution in [0.1, 0.15) is 30.5 Å². The summed E-state index contributed by atoms with van der Waals surface area (Å²) in [6.07, 6.45) is -0.500. The zero-order valence-corrected chi connectivity index (χ0v) is 12.0. The molecule has 5 nitrogen and oxygen atoms in total. The minimum Gasteiger partial charge on any atom is -0.479 e. The Morgan fingerprint density at radius 3 is 2.81 bits per heavy atom. The van der Waals surface area contributed by atoms with Crippen LogP contribution in [0.3, 0.4) is 0 Å². The zero-order chi connectivity index (χ0) is 15.6. The number of rotatable bonds is 4. The minimum atomic E-state index is -1.18. The molecule has 0 aromatic heterocycles. The van der Waals surface area contributed by atoms with E-state index in [4.69, 9.17) is 4.74 Å². The highest BCUT2D eigenvalue weighted by Crippen LogP contribution is 2.31. The lowest BCUT2D eigenvalue weighted by Gasteiger charge is -2.39. The molecule has 0 aliphatic carbocycles. The van der Waals surface area contributed by atoms with Crippen molar-refractivity contribution >= 4 is 11.9 Å². The van der Waals surface area contributed by atoms with Gasteiger partial charge >= 0.3 is 5.97 Å². The van der Waals surface area contributed by atoms with E-state index in [0.29, 0.717) is 24.1 Å². The zero-order valence-electron chi connectivity index (χ0n) is 12.0. The van der Waals surface area contributed by atoms with E-state index in [9.17, 15) is 19.1 Å². The number of halogens is 1. The Hall–Kier alpha value is -1.95. The predicted molar refractivity (Wildman–Crippen MR) is 73.3 cm³/mol. The van der Waals surface area contributed by atoms with Crippen molar-refractivity contribution in [3.63, 3.8) is 0 Å². The summed E-state index contributed by atoms with van der Waals surface area (Å²) in [5, 5.41) is 9.31. The number of carbonyl (C=O) groups excluding carboxylic acids is 1. The van der Waals surface area contributed by atoms with Crippen LogP contribution in [-0.4, -0.2) is 41.1 Å². The third kappa shape index (κ3) is 3.05. The highest BCUT2D eigenvalue weighted by molar-refractivity contribution is 5.83. The molecule has 1 aliphatic rings. The third-order valence-electron chi connectivity index (χ3n) is 3.57. The molecule has 1 saturated heterocycles. The molecule has 2 rings (SSSR count). The normalized spacial score (nSPS) is 22.4. The van der Waals surface area contributed by atoms with Crippen molar-refractivity contribution in [1.29, 1.82) is 0 Å². The van der Waals surface area contributed by atoms with Crippen LogP contribution in [0, 0.1) is 12.7 Å². The van der Waals surface area contributed by atoms with Crippen LogP contribution in [0.5, 0.6) is 0 Å². The molecular formula is C15H18FNO4. The lowest BCUT2D eigenvalue weighted by Crippen LogP contribution is -2.52. The van der Waals surface area contributed by atoms with Crippen molar-refractivity contribution in [3.8, 4) is 0 Å². The Labute approximate surface area is 122 Å². The standard InChI is InChI=1S/C15H18FNO4/c1-3-6-17-12(18)8-21-14(15(19)20)13(17)10-5-4-9(2)11(16)7-10/h4-5,7,13-14H,3,6,8H2,1-2H3,(H,19,20). The number of amides is 1. The second-order valence-electron chi connectivity index (χ2n) is 5.11. The number of hydrogen-bond acceptors (Lipinski definition) is 3. The second-order valence-corrected chi connectivity index (χ2v) is 5.11. The average molecular weight is 295 g/mol. The van der Waals surface area contributed by atoms with Gasteiger partial charge in [0.05, 0.1) is 6.04 Å². The number of benzene rings is 1. The number of morpholine rings is 1. The fourth-order valence-electron chi connectivity index (χ4n) is 2.51. The molecule has 0 saturated carbocycles. The molecule has 1 amide bonds. The summed E-state index contributed by atoms with van der Waals surface area (Å²) in [6, 6.07) is 3.69. The largest absolute Gasteiger partial charge is 0.479 e. The maximum absolute atomic E-state index is 13.8. The first-order valence-corrected chi connectivity index (χ1v) is 6.85. The van der Waals surface area contributed by atoms with Gasteiger partial charge < -0.3 is 14.7 Å². The van der Waals surface area contributed by atoms with E-state index in [1.165, 1.54) is 11.0 Å². The third-order valence-corrected chi connectivity index (χ3v) is 3.57. The Kier molecular flexibility index (Phi) is 4.57. The van der Waals surface area contributed by atoms with Gasteiger partial charge in [-0.05, 0) is 30.5 Å². The summed E-state index contributed by atoms with van der Waals surface area (Å²) in [5.41, 5.74) is 0.905. The average Bonchev–Trinajstić information content (AvgIpc) is 2.44. The number of carboxylic acid groups (broad SMARTS) is 1. The fraction of sp³-hybridized carbons (Fsp3) is 0.467. The SMILES string of the molecule is CCCN1C(=O)COC(C(=O)O)C1c1ccc(C)c(F)c1. The van der Waals surface area contributed by atoms with Crippen LogP contribution in [0.15, 0.2) is 18.2 Å². The van der Waals surface area contributed by atoms with Crippen LogP contribution < -0.4 is 0 Å². The smallest absolute Gasteiger partial charge is 0.335 e. The molecule has 21 heavy (non-hydrogen) atoms. The predicted octanol–water partition coefficient (Wildman–Crippen LogP) is 1.90. The molecule has 114 valence electrons. The van der Waals surface area contributed by atoms with Gasteiger partial charge in [-0.1, -0.05) is 19.1 Å². The van der Waals surface area contributed by atoms with Crippen molar-refractivity contribution in [1.82, 2.24) is 4.90 Å². The first-order valence-electron chi connectivity index (χ1n) is 6.85. The molecule has 1 fully saturated rings. The van der Waals surface area contributed by atoms with Crippen LogP contribution in [0.2, 0.25) is 0 Å². The Bertz CT molecular complexity index is 561. The van der Waals surface area contributed by atoms with Crippen LogP contribution in [0.25, 0.3) is 0 Å². The number of hydrogen-bond donors (Lipinski definition) is 1. The van der Waals surface area contributed by atoms with Crippen LogP contribution in [-0.2, 0) is 14.3 Å². The van der Waals surface area contributed by atoms with Gasteiger partial charge in [-0.3, -0.25) is 4.79 Å². The molecule has 1 aromatic carbocycles. The van der Waals surface area contributed by atoms with Gasteiger partial charge in [-0.15, -0.1) is 0 Å². The number of carbonyl (C=O) groups is 2. The van der Waals surface area contributed by atoms with Gasteiger partial charge in [0.2, 0.25) is 5.91 Å². The van der Waals surface area contributed by atoms with Crippen molar-refractivity contribution in [2.75, 3.05) is 13.2 Å². The molecule has 1 aliphatic heterocycles. The van der Waals surface area contributed by atoms with Gasteiger partial charge in [0.15, 0.2) is 6.10 Å². The highest BCUT2D eigenvalue weighted by Gasteiger charge is 2.41. The van der Waals surface area contributed by atoms with Gasteiger partial charge in [0.25, 0.3) is 0 Å². The first-order chi connectivity index (χ1) is 9.95. The van der Waals surface area contributed by atoms with E-state index in [2.05, 4.69) is 0 Å². The highest BCUT2D eigenvalue weighted by atomic mass is 19.1. The number of aryl methyl sites for hydroxylation is 1. The van der Waals surface area contributed by atoms with E-state index in [-0.39, 0.29) is 12.5 Å². The first kappa shape index (κ1) is 15.4. The molecular weight excluding hydrogens is 277 g/mol. The van der Waals surface area contributed by atoms with Gasteiger partial charge in [-0.2, -0.15) is 0 Å². The minimum absolute atomic E-state index is 0.262. The molecule has 1 aromatic rings. The monoisotopic (exact) mass is 295 g/mol. The number of ether oxygens (including phenoxy) is 1. The summed E-state index contributed by atoms with van der Waals surface area (Å²) >= 11 is 0. The maximum Gasteiger partial charge on any atom is 0.335 e. The molecule has 1 N–H and O–H groups in total. The summed E-state index contributed by atoms with van der Waals surface area (Å²) in [6.45, 7) is 3.67. The van der Waals surface area contributed by atoms with E-state index >= 15 is 0 Å². The van der Waals surface area contributed by atoms with Crippen LogP contribution >= 0.6 is 0 Å². The lowest BCUT2D eigenvalue weighted by atomic mass is 9.96. The summed E-state index contributed by atoms with van der Waals surface area (Å²) in [5.74, 6) is -1.86. The molecule has 2 atom stereocenters. The van der Waals surface area contributed by atoms with Crippen molar-refractivity contribution in [2.24, 2.45) is 0 Å². The van der Waals surface area contributed by atoms with E-state index in [0.717, 1.165) is 0 Å². The lowest BCUT2D eigenvalue weighted by molar-refractivity contribution is -0.173. The van der Waals surface area contributed by atoms with Gasteiger partial charge in [-0.25, -0.2) is 9.18 Å². The Morgan fingerprint density at radius 1 is 1.52 bits per heavy atom. The number of carboxylic acids is 1. The van der Waals surface area contributed by atoms with Crippen LogP contribution in [0.4, 0.5) is 4.39 Å². The summed E-state index contributed by atoms with van der Waals surface area (Å²) in [7, 11) is 0. The van der Waals surface area contributed by atoms with Crippen molar-refractivity contribution in [3.05, 3.63) is 35.1 Å². The number of nitrogens with zero attached hydrogens (tertiary/aromatic N) is 1. The Morgan fingerprint density at radius 2 is 2.24 bits per heavy atom.